The van der Waals surface area contributed by atoms with Crippen LogP contribution in [0.2, 0.25) is 0 Å². The van der Waals surface area contributed by atoms with Gasteiger partial charge in [-0.05, 0) is 82.6 Å². The smallest absolute Gasteiger partial charge is 0.410 e. The number of anilines is 1. The van der Waals surface area contributed by atoms with Gasteiger partial charge in [0.1, 0.15) is 11.7 Å². The minimum atomic E-state index is -0.576. The van der Waals surface area contributed by atoms with Crippen molar-refractivity contribution in [2.45, 2.75) is 89.6 Å². The Balaban J connectivity index is 1.71. The first-order chi connectivity index (χ1) is 18.0. The summed E-state index contributed by atoms with van der Waals surface area (Å²) in [5.41, 5.74) is 2.59. The number of hydrogen-bond donors (Lipinski definition) is 0. The number of rotatable bonds is 4. The number of nitrogens with zero attached hydrogens (tertiary/aromatic N) is 3. The molecule has 0 atom stereocenters. The summed E-state index contributed by atoms with van der Waals surface area (Å²) in [5, 5.41) is 10.0. The van der Waals surface area contributed by atoms with Crippen LogP contribution in [0.4, 0.5) is 10.5 Å². The van der Waals surface area contributed by atoms with Gasteiger partial charge >= 0.3 is 6.09 Å². The van der Waals surface area contributed by atoms with Gasteiger partial charge in [0.05, 0.1) is 27.4 Å². The second-order valence-corrected chi connectivity index (χ2v) is 12.0. The fourth-order valence-corrected chi connectivity index (χ4v) is 6.25. The summed E-state index contributed by atoms with van der Waals surface area (Å²) in [6, 6.07) is 8.58. The maximum Gasteiger partial charge on any atom is 0.410 e. The third-order valence-corrected chi connectivity index (χ3v) is 8.11. The van der Waals surface area contributed by atoms with Crippen molar-refractivity contribution in [3.63, 3.8) is 0 Å². The van der Waals surface area contributed by atoms with Crippen molar-refractivity contribution < 1.29 is 14.3 Å². The average Bonchev–Trinajstić information content (AvgIpc) is 3.10. The molecule has 1 aromatic rings. The van der Waals surface area contributed by atoms with Gasteiger partial charge in [0, 0.05) is 13.1 Å². The molecule has 1 aliphatic carbocycles. The molecule has 38 heavy (non-hydrogen) atoms. The van der Waals surface area contributed by atoms with E-state index in [1.54, 1.807) is 15.9 Å². The maximum atomic E-state index is 14.2. The summed E-state index contributed by atoms with van der Waals surface area (Å²) in [4.78, 5) is 30.3. The molecule has 0 N–H and O–H groups in total. The van der Waals surface area contributed by atoms with Crippen LogP contribution in [0.5, 0.6) is 0 Å². The highest BCUT2D eigenvalue weighted by molar-refractivity contribution is 6.32. The van der Waals surface area contributed by atoms with Crippen molar-refractivity contribution in [1.29, 1.82) is 5.26 Å². The minimum Gasteiger partial charge on any atom is -0.444 e. The molecule has 0 unspecified atom stereocenters. The molecule has 2 fully saturated rings. The Hall–Kier alpha value is -3.04. The molecule has 7 heteroatoms. The lowest BCUT2D eigenvalue weighted by molar-refractivity contribution is -0.123. The quantitative estimate of drug-likeness (QED) is 0.296. The summed E-state index contributed by atoms with van der Waals surface area (Å²) in [5.74, 6) is 0.272. The zero-order valence-corrected chi connectivity index (χ0v) is 23.7. The first-order valence-electron chi connectivity index (χ1n) is 13.6. The van der Waals surface area contributed by atoms with Crippen LogP contribution in [-0.4, -0.2) is 35.6 Å². The number of nitriles is 1. The molecule has 4 rings (SSSR count). The van der Waals surface area contributed by atoms with Crippen molar-refractivity contribution in [2.24, 2.45) is 0 Å². The number of halogens is 1. The van der Waals surface area contributed by atoms with Crippen molar-refractivity contribution in [2.75, 3.05) is 18.0 Å². The minimum absolute atomic E-state index is 0.0165. The second-order valence-electron chi connectivity index (χ2n) is 11.6. The van der Waals surface area contributed by atoms with Crippen LogP contribution in [0.1, 0.15) is 89.7 Å². The number of hydrogen-bond acceptors (Lipinski definition) is 4. The molecular formula is C31H38ClN3O3. The molecule has 3 aliphatic rings. The van der Waals surface area contributed by atoms with Crippen molar-refractivity contribution in [1.82, 2.24) is 4.90 Å². The van der Waals surface area contributed by atoms with Gasteiger partial charge in [-0.2, -0.15) is 5.26 Å². The van der Waals surface area contributed by atoms with E-state index in [1.165, 1.54) is 0 Å². The third-order valence-electron chi connectivity index (χ3n) is 7.92. The Bertz CT molecular complexity index is 1220. The number of fused-ring (bicyclic) bond motifs is 2. The number of likely N-dealkylation sites (tertiary alicyclic amines) is 1. The first-order valence-corrected chi connectivity index (χ1v) is 14.0. The highest BCUT2D eigenvalue weighted by Gasteiger charge is 2.52. The fraction of sp³-hybridized carbons (Fsp3) is 0.516. The highest BCUT2D eigenvalue weighted by atomic mass is 35.5. The number of ether oxygens (including phenoxy) is 1. The van der Waals surface area contributed by atoms with Crippen molar-refractivity contribution >= 4 is 29.3 Å². The zero-order chi connectivity index (χ0) is 27.7. The molecule has 1 aromatic carbocycles. The van der Waals surface area contributed by atoms with Gasteiger partial charge < -0.3 is 9.64 Å². The van der Waals surface area contributed by atoms with Crippen LogP contribution in [0.25, 0.3) is 0 Å². The number of benzene rings is 1. The van der Waals surface area contributed by atoms with Crippen LogP contribution in [0.3, 0.4) is 0 Å². The number of piperidine rings is 1. The summed E-state index contributed by atoms with van der Waals surface area (Å²) in [6.45, 7) is 12.5. The van der Waals surface area contributed by atoms with E-state index >= 15 is 0 Å². The summed E-state index contributed by atoms with van der Waals surface area (Å²) in [7, 11) is 0. The molecule has 1 saturated carbocycles. The summed E-state index contributed by atoms with van der Waals surface area (Å²) >= 11 is 6.25. The van der Waals surface area contributed by atoms with Crippen LogP contribution < -0.4 is 4.90 Å². The van der Waals surface area contributed by atoms with E-state index in [2.05, 4.69) is 30.8 Å². The second kappa shape index (κ2) is 11.0. The standard InChI is InChI=1S/C31H38ClN3O3/c1-6-10-26(24(20-33)21(2)32)35-27-19-23(11-12-25(27)31(28(35)36)15-8-7-9-16-31)22-13-17-34(18-14-22)29(37)38-30(3,4)5/h6,10-12,19,22H,2,7-9,13-18H2,1,3-5H3/b10-6-,26-24+. The van der Waals surface area contributed by atoms with Gasteiger partial charge in [-0.25, -0.2) is 4.79 Å². The van der Waals surface area contributed by atoms with Crippen LogP contribution >= 0.6 is 11.6 Å². The van der Waals surface area contributed by atoms with Crippen LogP contribution in [0.15, 0.2) is 53.2 Å². The van der Waals surface area contributed by atoms with Gasteiger partial charge in [-0.3, -0.25) is 9.69 Å². The van der Waals surface area contributed by atoms with Gasteiger partial charge in [0.25, 0.3) is 0 Å². The van der Waals surface area contributed by atoms with E-state index < -0.39 is 11.0 Å². The molecule has 0 aromatic heterocycles. The lowest BCUT2D eigenvalue weighted by Crippen LogP contribution is -2.41. The largest absolute Gasteiger partial charge is 0.444 e. The van der Waals surface area contributed by atoms with Gasteiger partial charge in [-0.1, -0.05) is 55.7 Å². The van der Waals surface area contributed by atoms with Crippen molar-refractivity contribution in [3.8, 4) is 6.07 Å². The fourth-order valence-electron chi connectivity index (χ4n) is 6.11. The Morgan fingerprint density at radius 2 is 1.87 bits per heavy atom. The van der Waals surface area contributed by atoms with E-state index in [1.807, 2.05) is 33.8 Å². The molecule has 2 amide bonds. The molecule has 0 radical (unpaired) electrons. The average molecular weight is 536 g/mol. The monoisotopic (exact) mass is 535 g/mol. The molecule has 2 heterocycles. The molecule has 2 aliphatic heterocycles. The van der Waals surface area contributed by atoms with Crippen LogP contribution in [0, 0.1) is 11.3 Å². The molecule has 1 spiro atoms. The third kappa shape index (κ3) is 5.27. The van der Waals surface area contributed by atoms with E-state index in [4.69, 9.17) is 16.3 Å². The normalized spacial score (nSPS) is 20.4. The topological polar surface area (TPSA) is 73.6 Å². The Labute approximate surface area is 231 Å². The van der Waals surface area contributed by atoms with E-state index in [0.717, 1.165) is 61.8 Å². The Morgan fingerprint density at radius 1 is 1.21 bits per heavy atom. The van der Waals surface area contributed by atoms with Gasteiger partial charge in [0.2, 0.25) is 5.91 Å². The number of amides is 2. The number of allylic oxidation sites excluding steroid dienone is 4. The lowest BCUT2D eigenvalue weighted by atomic mass is 9.70. The van der Waals surface area contributed by atoms with E-state index in [0.29, 0.717) is 18.8 Å². The zero-order valence-electron chi connectivity index (χ0n) is 23.0. The van der Waals surface area contributed by atoms with E-state index in [9.17, 15) is 14.9 Å². The number of carbonyl (C=O) groups excluding carboxylic acids is 2. The molecular weight excluding hydrogens is 498 g/mol. The lowest BCUT2D eigenvalue weighted by Gasteiger charge is -2.34. The van der Waals surface area contributed by atoms with Gasteiger partial charge in [0.15, 0.2) is 0 Å². The molecule has 1 saturated heterocycles. The van der Waals surface area contributed by atoms with Crippen LogP contribution in [-0.2, 0) is 14.9 Å². The highest BCUT2D eigenvalue weighted by Crippen LogP contribution is 2.52. The Morgan fingerprint density at radius 3 is 2.42 bits per heavy atom. The van der Waals surface area contributed by atoms with Gasteiger partial charge in [-0.15, -0.1) is 0 Å². The summed E-state index contributed by atoms with van der Waals surface area (Å²) < 4.78 is 5.56. The SMILES string of the molecule is C=C(Cl)/C(C#N)=C(\C=C/C)N1C(=O)C2(CCCCC2)c2ccc(C3CCN(C(=O)OC(C)(C)C)CC3)cc21. The molecule has 202 valence electrons. The maximum absolute atomic E-state index is 14.2. The predicted octanol–water partition coefficient (Wildman–Crippen LogP) is 7.46. The van der Waals surface area contributed by atoms with Crippen molar-refractivity contribution in [3.05, 3.63) is 64.4 Å². The molecule has 0 bridgehead atoms. The Kier molecular flexibility index (Phi) is 8.09. The first kappa shape index (κ1) is 28.0. The summed E-state index contributed by atoms with van der Waals surface area (Å²) in [6.07, 6.45) is 9.69. The number of carbonyl (C=O) groups is 2. The van der Waals surface area contributed by atoms with E-state index in [-0.39, 0.29) is 28.5 Å². The predicted molar refractivity (Wildman–Crippen MR) is 151 cm³/mol. The molecule has 6 nitrogen and oxygen atoms in total.